The van der Waals surface area contributed by atoms with Gasteiger partial charge in [0.15, 0.2) is 11.4 Å². The number of Topliss-reactive ketones (excluding diaryl/α,β-unsaturated/α-hetero) is 1. The first-order valence-corrected chi connectivity index (χ1v) is 11.3. The van der Waals surface area contributed by atoms with Gasteiger partial charge in [-0.1, -0.05) is 44.0 Å². The number of hydrogen-bond donors (Lipinski definition) is 2. The molecule has 168 valence electrons. The summed E-state index contributed by atoms with van der Waals surface area (Å²) in [5, 5.41) is 12.8. The highest BCUT2D eigenvalue weighted by Gasteiger charge is 2.47. The van der Waals surface area contributed by atoms with Crippen molar-refractivity contribution >= 4 is 51.5 Å². The molecule has 2 N–H and O–H groups in total. The van der Waals surface area contributed by atoms with Gasteiger partial charge < -0.3 is 10.6 Å². The van der Waals surface area contributed by atoms with E-state index in [9.17, 15) is 4.79 Å². The second-order valence-corrected chi connectivity index (χ2v) is 9.60. The van der Waals surface area contributed by atoms with Crippen molar-refractivity contribution in [2.24, 2.45) is 12.5 Å². The molecule has 3 heterocycles. The molecule has 0 fully saturated rings. The van der Waals surface area contributed by atoms with E-state index in [0.717, 1.165) is 28.8 Å². The van der Waals surface area contributed by atoms with Crippen molar-refractivity contribution in [3.05, 3.63) is 51.2 Å². The fourth-order valence-electron chi connectivity index (χ4n) is 4.06. The number of aryl methyl sites for hydroxylation is 2. The molecule has 0 saturated carbocycles. The van der Waals surface area contributed by atoms with E-state index in [1.54, 1.807) is 12.1 Å². The van der Waals surface area contributed by atoms with E-state index in [1.165, 1.54) is 5.56 Å². The van der Waals surface area contributed by atoms with Gasteiger partial charge in [-0.2, -0.15) is 5.10 Å². The minimum absolute atomic E-state index is 0.0111. The highest BCUT2D eigenvalue weighted by Crippen LogP contribution is 2.43. The number of anilines is 2. The molecule has 0 aliphatic heterocycles. The molecule has 0 saturated heterocycles. The summed E-state index contributed by atoms with van der Waals surface area (Å²) in [6, 6.07) is 5.30. The Balaban J connectivity index is 1.78. The molecule has 0 aromatic carbocycles. The lowest BCUT2D eigenvalue weighted by molar-refractivity contribution is -0.124. The van der Waals surface area contributed by atoms with Crippen molar-refractivity contribution in [2.45, 2.75) is 47.0 Å². The predicted molar refractivity (Wildman–Crippen MR) is 129 cm³/mol. The zero-order chi connectivity index (χ0) is 23.4. The minimum Gasteiger partial charge on any atom is -0.351 e. The summed E-state index contributed by atoms with van der Waals surface area (Å²) in [6.07, 6.45) is 0.837. The first-order chi connectivity index (χ1) is 15.0. The van der Waals surface area contributed by atoms with Crippen molar-refractivity contribution in [1.82, 2.24) is 19.7 Å². The normalized spacial score (nSPS) is 15.5. The van der Waals surface area contributed by atoms with Gasteiger partial charge in [-0.15, -0.1) is 0 Å². The maximum Gasteiger partial charge on any atom is 0.192 e. The lowest BCUT2D eigenvalue weighted by Crippen LogP contribution is -2.45. The van der Waals surface area contributed by atoms with E-state index >= 15 is 0 Å². The molecule has 1 aliphatic carbocycles. The van der Waals surface area contributed by atoms with Crippen LogP contribution in [0.2, 0.25) is 10.3 Å². The number of nitrogens with one attached hydrogen (secondary N) is 2. The number of ketones is 1. The Morgan fingerprint density at radius 3 is 2.34 bits per heavy atom. The third kappa shape index (κ3) is 3.73. The van der Waals surface area contributed by atoms with Crippen LogP contribution < -0.4 is 10.6 Å². The summed E-state index contributed by atoms with van der Waals surface area (Å²) in [6.45, 7) is 10.2. The molecule has 7 nitrogen and oxygen atoms in total. The first-order valence-electron chi connectivity index (χ1n) is 10.6. The zero-order valence-corrected chi connectivity index (χ0v) is 20.5. The van der Waals surface area contributed by atoms with Gasteiger partial charge in [0.25, 0.3) is 0 Å². The first kappa shape index (κ1) is 22.6. The number of allylic oxidation sites excluding steroid dienone is 2. The van der Waals surface area contributed by atoms with Crippen molar-refractivity contribution in [3.8, 4) is 0 Å². The lowest BCUT2D eigenvalue weighted by Gasteiger charge is -2.39. The fourth-order valence-corrected chi connectivity index (χ4v) is 4.52. The van der Waals surface area contributed by atoms with E-state index < -0.39 is 5.41 Å². The Bertz CT molecular complexity index is 1250. The Labute approximate surface area is 197 Å². The third-order valence-corrected chi connectivity index (χ3v) is 6.20. The monoisotopic (exact) mass is 472 g/mol. The van der Waals surface area contributed by atoms with Crippen LogP contribution in [0.5, 0.6) is 0 Å². The summed E-state index contributed by atoms with van der Waals surface area (Å²) >= 11 is 12.0. The van der Waals surface area contributed by atoms with Crippen LogP contribution in [0.15, 0.2) is 29.6 Å². The maximum atomic E-state index is 12.9. The second kappa shape index (κ2) is 8.05. The Morgan fingerprint density at radius 2 is 1.75 bits per heavy atom. The number of nitrogens with zero attached hydrogens (tertiary/aromatic N) is 4. The molecule has 4 rings (SSSR count). The van der Waals surface area contributed by atoms with Gasteiger partial charge in [0, 0.05) is 18.1 Å². The Hall–Kier alpha value is -2.64. The highest BCUT2D eigenvalue weighted by atomic mass is 35.5. The number of carbonyl (C=O) groups is 1. The molecule has 1 aliphatic rings. The van der Waals surface area contributed by atoms with Crippen LogP contribution in [0.1, 0.15) is 51.8 Å². The van der Waals surface area contributed by atoms with Crippen LogP contribution in [0.3, 0.4) is 0 Å². The third-order valence-electron chi connectivity index (χ3n) is 5.81. The van der Waals surface area contributed by atoms with Crippen molar-refractivity contribution < 1.29 is 4.79 Å². The predicted octanol–water partition coefficient (Wildman–Crippen LogP) is 5.70. The summed E-state index contributed by atoms with van der Waals surface area (Å²) in [7, 11) is 1.91. The molecule has 0 bridgehead atoms. The highest BCUT2D eigenvalue weighted by molar-refractivity contribution is 6.32. The van der Waals surface area contributed by atoms with Gasteiger partial charge in [-0.05, 0) is 49.9 Å². The van der Waals surface area contributed by atoms with Gasteiger partial charge in [0.1, 0.15) is 21.8 Å². The van der Waals surface area contributed by atoms with Gasteiger partial charge in [0.05, 0.1) is 16.8 Å². The second-order valence-electron chi connectivity index (χ2n) is 8.83. The van der Waals surface area contributed by atoms with Crippen LogP contribution in [-0.4, -0.2) is 25.5 Å². The van der Waals surface area contributed by atoms with Gasteiger partial charge in [-0.25, -0.2) is 9.97 Å². The smallest absolute Gasteiger partial charge is 0.192 e. The molecule has 0 radical (unpaired) electrons. The van der Waals surface area contributed by atoms with Gasteiger partial charge >= 0.3 is 0 Å². The van der Waals surface area contributed by atoms with Crippen LogP contribution >= 0.6 is 23.2 Å². The van der Waals surface area contributed by atoms with E-state index in [2.05, 4.69) is 47.6 Å². The minimum atomic E-state index is -0.682. The van der Waals surface area contributed by atoms with Crippen LogP contribution in [0.4, 0.5) is 11.5 Å². The largest absolute Gasteiger partial charge is 0.351 e. The molecule has 9 heteroatoms. The molecule has 0 spiro atoms. The number of fused-ring (bicyclic) bond motifs is 1. The molecule has 0 unspecified atom stereocenters. The van der Waals surface area contributed by atoms with Gasteiger partial charge in [-0.3, -0.25) is 9.48 Å². The topological polar surface area (TPSA) is 84.7 Å². The number of hydrogen-bond acceptors (Lipinski definition) is 6. The van der Waals surface area contributed by atoms with Gasteiger partial charge in [0.2, 0.25) is 0 Å². The van der Waals surface area contributed by atoms with E-state index in [0.29, 0.717) is 23.1 Å². The molecule has 0 atom stereocenters. The number of halogens is 2. The van der Waals surface area contributed by atoms with E-state index in [4.69, 9.17) is 28.2 Å². The van der Waals surface area contributed by atoms with Crippen molar-refractivity contribution in [1.29, 1.82) is 0 Å². The average Bonchev–Trinajstić information content (AvgIpc) is 3.04. The maximum absolute atomic E-state index is 12.9. The van der Waals surface area contributed by atoms with E-state index in [1.807, 2.05) is 25.6 Å². The summed E-state index contributed by atoms with van der Waals surface area (Å²) in [5.41, 5.74) is 4.16. The number of aromatic nitrogens is 4. The summed E-state index contributed by atoms with van der Waals surface area (Å²) in [4.78, 5) is 21.6. The number of carbonyl (C=O) groups excluding carboxylic acids is 1. The molecule has 32 heavy (non-hydrogen) atoms. The summed E-state index contributed by atoms with van der Waals surface area (Å²) < 4.78 is 1.82. The average molecular weight is 473 g/mol. The van der Waals surface area contributed by atoms with Crippen LogP contribution in [0, 0.1) is 5.41 Å². The lowest BCUT2D eigenvalue weighted by atomic mass is 9.72. The Morgan fingerprint density at radius 1 is 1.09 bits per heavy atom. The SMILES string of the molecule is CCc1nn(C)c2nc(NC3=C(Nc4cc(Cl)nc(Cl)c4)C(=O)C3(C)C)cc(C(C)C)c12. The van der Waals surface area contributed by atoms with Crippen molar-refractivity contribution in [3.63, 3.8) is 0 Å². The molecular weight excluding hydrogens is 447 g/mol. The number of pyridine rings is 2. The van der Waals surface area contributed by atoms with Crippen molar-refractivity contribution in [2.75, 3.05) is 10.6 Å². The van der Waals surface area contributed by atoms with Crippen LogP contribution in [-0.2, 0) is 18.3 Å². The Kier molecular flexibility index (Phi) is 5.67. The molecular formula is C23H26Cl2N6O. The van der Waals surface area contributed by atoms with Crippen LogP contribution in [0.25, 0.3) is 11.0 Å². The summed E-state index contributed by atoms with van der Waals surface area (Å²) in [5.74, 6) is 0.954. The van der Waals surface area contributed by atoms with E-state index in [-0.39, 0.29) is 16.1 Å². The number of rotatable bonds is 6. The zero-order valence-electron chi connectivity index (χ0n) is 19.0. The molecule has 3 aromatic heterocycles. The molecule has 0 amide bonds. The quantitative estimate of drug-likeness (QED) is 0.447. The molecule has 3 aromatic rings. The fraction of sp³-hybridized carbons (Fsp3) is 0.391. The standard InChI is InChI=1S/C23H26Cl2N6O/c1-7-14-18-13(11(2)3)10-17(29-22(18)31(6)30-14)28-20-19(21(32)23(20,4)5)26-12-8-15(24)27-16(25)9-12/h8-11H,7H2,1-6H3,(H,26,27)(H,28,29).